The minimum atomic E-state index is -0.229. The number of anilines is 2. The lowest BCUT2D eigenvalue weighted by molar-refractivity contribution is -0.136. The number of fused-ring (bicyclic) bond motifs is 1. The second kappa shape index (κ2) is 10.3. The van der Waals surface area contributed by atoms with Crippen molar-refractivity contribution in [3.63, 3.8) is 0 Å². The van der Waals surface area contributed by atoms with Crippen LogP contribution in [0.3, 0.4) is 0 Å². The van der Waals surface area contributed by atoms with E-state index in [1.807, 2.05) is 33.9 Å². The van der Waals surface area contributed by atoms with E-state index >= 15 is 0 Å². The van der Waals surface area contributed by atoms with Crippen LogP contribution in [0.5, 0.6) is 0 Å². The van der Waals surface area contributed by atoms with Crippen molar-refractivity contribution in [3.05, 3.63) is 81.5 Å². The molecule has 8 heteroatoms. The summed E-state index contributed by atoms with van der Waals surface area (Å²) in [6.07, 6.45) is 1.50. The number of carbonyl (C=O) groups excluding carboxylic acids is 3. The molecule has 1 aromatic heterocycles. The number of aryl methyl sites for hydroxylation is 1. The summed E-state index contributed by atoms with van der Waals surface area (Å²) in [4.78, 5) is 47.6. The highest BCUT2D eigenvalue weighted by Crippen LogP contribution is 2.35. The first-order chi connectivity index (χ1) is 18.5. The molecule has 0 radical (unpaired) electrons. The number of imide groups is 1. The molecule has 3 aliphatic rings. The molecule has 4 heterocycles. The number of nitrogens with zero attached hydrogens (tertiary/aromatic N) is 4. The van der Waals surface area contributed by atoms with Gasteiger partial charge in [0.1, 0.15) is 0 Å². The number of benzene rings is 2. The molecule has 3 amide bonds. The zero-order valence-electron chi connectivity index (χ0n) is 21.6. The maximum atomic E-state index is 13.3. The molecule has 38 heavy (non-hydrogen) atoms. The van der Waals surface area contributed by atoms with Gasteiger partial charge in [0, 0.05) is 50.9 Å². The molecule has 196 valence electrons. The first-order valence-corrected chi connectivity index (χ1v) is 14.3. The van der Waals surface area contributed by atoms with E-state index in [1.54, 1.807) is 17.4 Å². The third-order valence-corrected chi connectivity index (χ3v) is 8.81. The van der Waals surface area contributed by atoms with Gasteiger partial charge in [-0.1, -0.05) is 23.8 Å². The Morgan fingerprint density at radius 1 is 0.868 bits per heavy atom. The number of rotatable bonds is 5. The fourth-order valence-corrected chi connectivity index (χ4v) is 6.51. The highest BCUT2D eigenvalue weighted by atomic mass is 32.1. The van der Waals surface area contributed by atoms with Crippen molar-refractivity contribution >= 4 is 40.4 Å². The first-order valence-electron chi connectivity index (χ1n) is 13.4. The minimum Gasteiger partial charge on any atom is -0.371 e. The molecule has 7 nitrogen and oxygen atoms in total. The monoisotopic (exact) mass is 528 g/mol. The number of amides is 3. The van der Waals surface area contributed by atoms with E-state index in [-0.39, 0.29) is 23.6 Å². The van der Waals surface area contributed by atoms with Crippen LogP contribution < -0.4 is 9.80 Å². The van der Waals surface area contributed by atoms with E-state index < -0.39 is 0 Å². The van der Waals surface area contributed by atoms with Crippen molar-refractivity contribution in [2.24, 2.45) is 5.92 Å². The summed E-state index contributed by atoms with van der Waals surface area (Å²) in [5.41, 5.74) is 5.22. The molecule has 2 saturated heterocycles. The van der Waals surface area contributed by atoms with Crippen LogP contribution in [0, 0.1) is 12.8 Å². The van der Waals surface area contributed by atoms with Crippen LogP contribution in [-0.2, 0) is 11.3 Å². The summed E-state index contributed by atoms with van der Waals surface area (Å²) in [6.45, 7) is 6.97. The van der Waals surface area contributed by atoms with Crippen molar-refractivity contribution < 1.29 is 14.4 Å². The van der Waals surface area contributed by atoms with Crippen LogP contribution in [0.1, 0.15) is 44.7 Å². The quantitative estimate of drug-likeness (QED) is 0.459. The van der Waals surface area contributed by atoms with Crippen LogP contribution >= 0.6 is 11.3 Å². The van der Waals surface area contributed by atoms with E-state index in [0.29, 0.717) is 30.8 Å². The molecular formula is C30H32N4O3S. The van der Waals surface area contributed by atoms with Crippen LogP contribution in [0.4, 0.5) is 11.4 Å². The molecule has 0 spiro atoms. The average molecular weight is 529 g/mol. The summed E-state index contributed by atoms with van der Waals surface area (Å²) in [5.74, 6) is -0.203. The number of carbonyl (C=O) groups is 3. The normalized spacial score (nSPS) is 18.3. The smallest absolute Gasteiger partial charge is 0.263 e. The average Bonchev–Trinajstić information content (AvgIpc) is 3.56. The number of thiophene rings is 1. The lowest BCUT2D eigenvalue weighted by Gasteiger charge is -2.40. The Morgan fingerprint density at radius 2 is 1.61 bits per heavy atom. The third kappa shape index (κ3) is 4.58. The maximum absolute atomic E-state index is 13.3. The Morgan fingerprint density at radius 3 is 2.29 bits per heavy atom. The van der Waals surface area contributed by atoms with Crippen molar-refractivity contribution in [1.82, 2.24) is 9.80 Å². The van der Waals surface area contributed by atoms with Gasteiger partial charge >= 0.3 is 0 Å². The maximum Gasteiger partial charge on any atom is 0.263 e. The molecule has 6 rings (SSSR count). The van der Waals surface area contributed by atoms with Gasteiger partial charge in [0.2, 0.25) is 5.91 Å². The fraction of sp³-hybridized carbons (Fsp3) is 0.367. The molecule has 3 aromatic rings. The van der Waals surface area contributed by atoms with Gasteiger partial charge in [-0.15, -0.1) is 0 Å². The Balaban J connectivity index is 1.08. The Labute approximate surface area is 227 Å². The van der Waals surface area contributed by atoms with Gasteiger partial charge in [-0.2, -0.15) is 11.3 Å². The highest BCUT2D eigenvalue weighted by molar-refractivity contribution is 7.07. The number of hydrogen-bond donors (Lipinski definition) is 0. The highest BCUT2D eigenvalue weighted by Gasteiger charge is 2.39. The summed E-state index contributed by atoms with van der Waals surface area (Å²) < 4.78 is 0. The lowest BCUT2D eigenvalue weighted by Crippen LogP contribution is -2.51. The van der Waals surface area contributed by atoms with Gasteiger partial charge in [-0.3, -0.25) is 19.3 Å². The fourth-order valence-electron chi connectivity index (χ4n) is 5.85. The van der Waals surface area contributed by atoms with Crippen molar-refractivity contribution in [3.8, 4) is 0 Å². The second-order valence-corrected chi connectivity index (χ2v) is 11.2. The summed E-state index contributed by atoms with van der Waals surface area (Å²) in [6, 6.07) is 16.1. The predicted octanol–water partition coefficient (Wildman–Crippen LogP) is 4.42. The molecule has 2 fully saturated rings. The molecule has 0 bridgehead atoms. The van der Waals surface area contributed by atoms with Crippen LogP contribution in [0.25, 0.3) is 0 Å². The van der Waals surface area contributed by atoms with Gasteiger partial charge in [0.05, 0.1) is 23.4 Å². The lowest BCUT2D eigenvalue weighted by atomic mass is 9.93. The minimum absolute atomic E-state index is 0.00126. The third-order valence-electron chi connectivity index (χ3n) is 8.07. The second-order valence-electron chi connectivity index (χ2n) is 10.4. The number of piperazine rings is 1. The zero-order chi connectivity index (χ0) is 26.2. The molecule has 0 N–H and O–H groups in total. The van der Waals surface area contributed by atoms with E-state index in [9.17, 15) is 14.4 Å². The zero-order valence-corrected chi connectivity index (χ0v) is 22.5. The van der Waals surface area contributed by atoms with E-state index in [1.165, 1.54) is 16.2 Å². The van der Waals surface area contributed by atoms with Crippen LogP contribution in [0.2, 0.25) is 0 Å². The molecular weight excluding hydrogens is 496 g/mol. The van der Waals surface area contributed by atoms with E-state index in [0.717, 1.165) is 50.3 Å². The van der Waals surface area contributed by atoms with Gasteiger partial charge in [0.25, 0.3) is 11.8 Å². The first kappa shape index (κ1) is 24.7. The van der Waals surface area contributed by atoms with Crippen molar-refractivity contribution in [2.45, 2.75) is 26.3 Å². The molecule has 0 unspecified atom stereocenters. The van der Waals surface area contributed by atoms with Crippen LogP contribution in [-0.4, -0.2) is 66.8 Å². The van der Waals surface area contributed by atoms with Gasteiger partial charge < -0.3 is 14.7 Å². The van der Waals surface area contributed by atoms with Gasteiger partial charge in [-0.25, -0.2) is 0 Å². The number of hydrogen-bond acceptors (Lipinski definition) is 6. The van der Waals surface area contributed by atoms with Crippen molar-refractivity contribution in [1.29, 1.82) is 0 Å². The molecule has 0 atom stereocenters. The molecule has 0 aliphatic carbocycles. The molecule has 2 aromatic carbocycles. The van der Waals surface area contributed by atoms with Crippen molar-refractivity contribution in [2.75, 3.05) is 49.1 Å². The summed E-state index contributed by atoms with van der Waals surface area (Å²) in [7, 11) is 0. The van der Waals surface area contributed by atoms with E-state index in [2.05, 4.69) is 41.0 Å². The molecule has 3 aliphatic heterocycles. The Kier molecular flexibility index (Phi) is 6.66. The largest absolute Gasteiger partial charge is 0.371 e. The SMILES string of the molecule is Cc1ccc(N2CCN(C(=O)C3CCN(c4cccc5c4C(=O)N(Cc4ccsc4)C5=O)CC3)CC2)cc1. The number of piperidine rings is 1. The van der Waals surface area contributed by atoms with E-state index in [4.69, 9.17) is 0 Å². The Bertz CT molecular complexity index is 1340. The Hall–Kier alpha value is -3.65. The molecule has 0 saturated carbocycles. The van der Waals surface area contributed by atoms with Gasteiger partial charge in [-0.05, 0) is 66.4 Å². The topological polar surface area (TPSA) is 64.2 Å². The van der Waals surface area contributed by atoms with Gasteiger partial charge in [0.15, 0.2) is 0 Å². The standard InChI is InChI=1S/C30H32N4O3S/c1-21-5-7-24(8-6-21)31-14-16-33(17-15-31)28(35)23-9-12-32(13-10-23)26-4-2-3-25-27(26)30(37)34(29(25)36)19-22-11-18-38-20-22/h2-8,11,18,20,23H,9-10,12-17,19H2,1H3. The van der Waals surface area contributed by atoms with Crippen LogP contribution in [0.15, 0.2) is 59.3 Å². The summed E-state index contributed by atoms with van der Waals surface area (Å²) in [5, 5.41) is 3.92. The predicted molar refractivity (Wildman–Crippen MR) is 150 cm³/mol. The summed E-state index contributed by atoms with van der Waals surface area (Å²) >= 11 is 1.56.